The second-order valence-corrected chi connectivity index (χ2v) is 6.74. The average molecular weight is 387 g/mol. The fourth-order valence-electron chi connectivity index (χ4n) is 3.44. The number of carbonyl (C=O) groups excluding carboxylic acids is 1. The minimum atomic E-state index is -0.488. The van der Waals surface area contributed by atoms with Crippen molar-refractivity contribution in [2.45, 2.75) is 13.1 Å². The van der Waals surface area contributed by atoms with Crippen LogP contribution in [0.25, 0.3) is 10.9 Å². The van der Waals surface area contributed by atoms with Gasteiger partial charge < -0.3 is 14.8 Å². The van der Waals surface area contributed by atoms with Crippen LogP contribution in [0.2, 0.25) is 0 Å². The molecule has 0 fully saturated rings. The molecule has 4 rings (SSSR count). The Hall–Kier alpha value is -3.80. The highest BCUT2D eigenvalue weighted by Gasteiger charge is 2.21. The molecule has 6 heteroatoms. The van der Waals surface area contributed by atoms with E-state index in [2.05, 4.69) is 34.1 Å². The van der Waals surface area contributed by atoms with Gasteiger partial charge in [0, 0.05) is 30.9 Å². The summed E-state index contributed by atoms with van der Waals surface area (Å²) < 4.78 is 5.87. The number of pyridine rings is 1. The molecule has 2 aromatic heterocycles. The van der Waals surface area contributed by atoms with Gasteiger partial charge in [0.25, 0.3) is 0 Å². The molecule has 0 aliphatic carbocycles. The van der Waals surface area contributed by atoms with Crippen molar-refractivity contribution in [2.75, 3.05) is 12.0 Å². The highest BCUT2D eigenvalue weighted by molar-refractivity contribution is 6.06. The lowest BCUT2D eigenvalue weighted by Gasteiger charge is -2.25. The first kappa shape index (κ1) is 18.6. The van der Waals surface area contributed by atoms with Gasteiger partial charge in [-0.15, -0.1) is 0 Å². The quantitative estimate of drug-likeness (QED) is 0.395. The summed E-state index contributed by atoms with van der Waals surface area (Å²) in [6, 6.07) is 21.8. The minimum absolute atomic E-state index is 0.318. The number of hydrogen-bond acceptors (Lipinski definition) is 5. The van der Waals surface area contributed by atoms with Crippen LogP contribution in [0, 0.1) is 0 Å². The smallest absolute Gasteiger partial charge is 0.340 e. The minimum Gasteiger partial charge on any atom is -0.465 e. The lowest BCUT2D eigenvalue weighted by Crippen LogP contribution is -2.24. The normalized spacial score (nSPS) is 10.8. The number of rotatable bonds is 6. The largest absolute Gasteiger partial charge is 0.465 e. The predicted molar refractivity (Wildman–Crippen MR) is 111 cm³/mol. The fraction of sp³-hybridized carbons (Fsp3) is 0.130. The average Bonchev–Trinajstić information content (AvgIpc) is 3.15. The van der Waals surface area contributed by atoms with Gasteiger partial charge in [-0.05, 0) is 17.2 Å². The predicted octanol–water partition coefficient (Wildman–Crippen LogP) is 4.27. The number of aromatic nitrogens is 2. The van der Waals surface area contributed by atoms with Gasteiger partial charge in [-0.2, -0.15) is 4.73 Å². The third-order valence-corrected chi connectivity index (χ3v) is 4.82. The van der Waals surface area contributed by atoms with Crippen LogP contribution in [0.3, 0.4) is 0 Å². The first-order valence-electron chi connectivity index (χ1n) is 9.28. The molecule has 0 bridgehead atoms. The van der Waals surface area contributed by atoms with Gasteiger partial charge in [-0.1, -0.05) is 60.7 Å². The van der Waals surface area contributed by atoms with Crippen molar-refractivity contribution in [2.24, 2.45) is 0 Å². The number of methoxy groups -OCH3 is 1. The number of benzene rings is 2. The van der Waals surface area contributed by atoms with Crippen molar-refractivity contribution in [1.82, 2.24) is 9.71 Å². The lowest BCUT2D eigenvalue weighted by molar-refractivity contribution is 0.0602. The van der Waals surface area contributed by atoms with E-state index in [0.717, 1.165) is 15.9 Å². The Morgan fingerprint density at radius 2 is 1.59 bits per heavy atom. The molecular weight excluding hydrogens is 366 g/mol. The van der Waals surface area contributed by atoms with Gasteiger partial charge in [-0.3, -0.25) is 0 Å². The van der Waals surface area contributed by atoms with Gasteiger partial charge in [0.2, 0.25) is 0 Å². The van der Waals surface area contributed by atoms with Crippen LogP contribution in [0.1, 0.15) is 21.5 Å². The van der Waals surface area contributed by atoms with Gasteiger partial charge >= 0.3 is 5.97 Å². The molecule has 0 unspecified atom stereocenters. The maximum Gasteiger partial charge on any atom is 0.340 e. The van der Waals surface area contributed by atoms with Crippen LogP contribution >= 0.6 is 0 Å². The second-order valence-electron chi connectivity index (χ2n) is 6.74. The first-order valence-corrected chi connectivity index (χ1v) is 9.28. The molecule has 0 saturated carbocycles. The molecule has 2 heterocycles. The number of carbonyl (C=O) groups is 1. The zero-order valence-electron chi connectivity index (χ0n) is 16.0. The first-order chi connectivity index (χ1) is 14.2. The summed E-state index contributed by atoms with van der Waals surface area (Å²) in [5.74, 6) is 0.103. The van der Waals surface area contributed by atoms with Crippen LogP contribution in [0.4, 0.5) is 5.82 Å². The summed E-state index contributed by atoms with van der Waals surface area (Å²) in [6.45, 7) is 1.20. The zero-order valence-corrected chi connectivity index (χ0v) is 16.0. The van der Waals surface area contributed by atoms with E-state index < -0.39 is 5.97 Å². The molecular formula is C23H21N3O3. The monoisotopic (exact) mass is 387 g/mol. The van der Waals surface area contributed by atoms with Crippen molar-refractivity contribution in [3.8, 4) is 0 Å². The van der Waals surface area contributed by atoms with Gasteiger partial charge in [0.1, 0.15) is 5.52 Å². The number of esters is 1. The lowest BCUT2D eigenvalue weighted by atomic mass is 10.1. The van der Waals surface area contributed by atoms with Crippen molar-refractivity contribution >= 4 is 22.7 Å². The van der Waals surface area contributed by atoms with Crippen molar-refractivity contribution in [1.29, 1.82) is 0 Å². The van der Waals surface area contributed by atoms with E-state index in [4.69, 9.17) is 4.74 Å². The van der Waals surface area contributed by atoms with E-state index in [1.807, 2.05) is 36.4 Å². The standard InChI is InChI=1S/C23H21N3O3/c1-29-23(27)20-14-24-22(21-19(20)12-13-26(21)28)25(15-17-8-4-2-5-9-17)16-18-10-6-3-7-11-18/h2-14,28H,15-16H2,1H3. The maximum atomic E-state index is 12.1. The molecule has 4 aromatic rings. The molecule has 6 nitrogen and oxygen atoms in total. The molecule has 0 saturated heterocycles. The Balaban J connectivity index is 1.82. The van der Waals surface area contributed by atoms with E-state index >= 15 is 0 Å². The van der Waals surface area contributed by atoms with E-state index in [9.17, 15) is 10.0 Å². The summed E-state index contributed by atoms with van der Waals surface area (Å²) in [5, 5.41) is 11.0. The second kappa shape index (κ2) is 8.06. The van der Waals surface area contributed by atoms with E-state index in [1.54, 1.807) is 6.07 Å². The highest BCUT2D eigenvalue weighted by Crippen LogP contribution is 2.30. The molecule has 0 aliphatic rings. The van der Waals surface area contributed by atoms with Crippen molar-refractivity contribution in [3.05, 3.63) is 95.8 Å². The molecule has 2 aromatic carbocycles. The number of fused-ring (bicyclic) bond motifs is 1. The number of anilines is 1. The van der Waals surface area contributed by atoms with Gasteiger partial charge in [0.15, 0.2) is 5.82 Å². The molecule has 146 valence electrons. The summed E-state index contributed by atoms with van der Waals surface area (Å²) in [6.07, 6.45) is 3.01. The maximum absolute atomic E-state index is 12.1. The number of ether oxygens (including phenoxy) is 1. The Morgan fingerprint density at radius 1 is 1.00 bits per heavy atom. The molecule has 1 N–H and O–H groups in total. The van der Waals surface area contributed by atoms with Crippen LogP contribution in [0.15, 0.2) is 79.1 Å². The summed E-state index contributed by atoms with van der Waals surface area (Å²) in [5.41, 5.74) is 3.02. The molecule has 0 radical (unpaired) electrons. The third kappa shape index (κ3) is 3.78. The zero-order chi connectivity index (χ0) is 20.2. The summed E-state index contributed by atoms with van der Waals surface area (Å²) >= 11 is 0. The molecule has 0 amide bonds. The Labute approximate surface area is 168 Å². The SMILES string of the molecule is COC(=O)c1cnc(N(Cc2ccccc2)Cc2ccccc2)c2c1ccn2O. The van der Waals surface area contributed by atoms with Crippen LogP contribution in [0.5, 0.6) is 0 Å². The van der Waals surface area contributed by atoms with Crippen LogP contribution in [-0.2, 0) is 17.8 Å². The van der Waals surface area contributed by atoms with Crippen LogP contribution < -0.4 is 4.90 Å². The molecule has 0 atom stereocenters. The summed E-state index contributed by atoms with van der Waals surface area (Å²) in [7, 11) is 1.33. The third-order valence-electron chi connectivity index (χ3n) is 4.82. The molecule has 29 heavy (non-hydrogen) atoms. The van der Waals surface area contributed by atoms with Gasteiger partial charge in [-0.25, -0.2) is 9.78 Å². The Bertz CT molecular complexity index is 1080. The Kier molecular flexibility index (Phi) is 5.16. The van der Waals surface area contributed by atoms with E-state index in [0.29, 0.717) is 35.4 Å². The highest BCUT2D eigenvalue weighted by atomic mass is 16.5. The van der Waals surface area contributed by atoms with E-state index in [-0.39, 0.29) is 0 Å². The fourth-order valence-corrected chi connectivity index (χ4v) is 3.44. The van der Waals surface area contributed by atoms with Crippen LogP contribution in [-0.4, -0.2) is 28.0 Å². The number of nitrogens with zero attached hydrogens (tertiary/aromatic N) is 3. The van der Waals surface area contributed by atoms with Crippen molar-refractivity contribution in [3.63, 3.8) is 0 Å². The number of hydrogen-bond donors (Lipinski definition) is 1. The molecule has 0 spiro atoms. The van der Waals surface area contributed by atoms with E-state index in [1.165, 1.54) is 19.5 Å². The summed E-state index contributed by atoms with van der Waals surface area (Å²) in [4.78, 5) is 18.8. The molecule has 0 aliphatic heterocycles. The Morgan fingerprint density at radius 3 is 2.14 bits per heavy atom. The van der Waals surface area contributed by atoms with Crippen molar-refractivity contribution < 1.29 is 14.7 Å². The topological polar surface area (TPSA) is 67.6 Å². The van der Waals surface area contributed by atoms with Gasteiger partial charge in [0.05, 0.1) is 12.7 Å².